The summed E-state index contributed by atoms with van der Waals surface area (Å²) in [5.74, 6) is 1.00. The number of phenols is 2. The van der Waals surface area contributed by atoms with Gasteiger partial charge in [0.1, 0.15) is 11.5 Å². The van der Waals surface area contributed by atoms with Gasteiger partial charge in [-0.15, -0.1) is 0 Å². The Kier molecular flexibility index (Phi) is 7.72. The molecule has 0 aliphatic rings. The lowest BCUT2D eigenvalue weighted by molar-refractivity contribution is 0.422. The first-order valence-electron chi connectivity index (χ1n) is 12.0. The molecular formula is C30H45IO2. The monoisotopic (exact) mass is 564 g/mol. The fourth-order valence-electron chi connectivity index (χ4n) is 4.37. The van der Waals surface area contributed by atoms with Crippen molar-refractivity contribution < 1.29 is 10.2 Å². The quantitative estimate of drug-likeness (QED) is 0.289. The highest BCUT2D eigenvalue weighted by Crippen LogP contribution is 2.45. The normalized spacial score (nSPS) is 13.6. The Labute approximate surface area is 216 Å². The standard InChI is InChI=1S/C30H45IO2/c1-27(2,3)21-13-18(14-22(25(21)32)28(4,5)6)20(17-31)19-15-23(29(7,8)9)26(33)24(16-19)30(10,11)12/h13-16,20,32-33H,17H2,1-12H3. The van der Waals surface area contributed by atoms with Gasteiger partial charge in [-0.1, -0.05) is 130 Å². The zero-order valence-corrected chi connectivity index (χ0v) is 25.0. The Bertz CT molecular complexity index is 854. The summed E-state index contributed by atoms with van der Waals surface area (Å²) in [7, 11) is 0. The topological polar surface area (TPSA) is 40.5 Å². The van der Waals surface area contributed by atoms with Crippen LogP contribution in [0.2, 0.25) is 0 Å². The molecule has 0 atom stereocenters. The lowest BCUT2D eigenvalue weighted by atomic mass is 9.74. The molecule has 0 bridgehead atoms. The van der Waals surface area contributed by atoms with Crippen LogP contribution in [-0.4, -0.2) is 14.6 Å². The Morgan fingerprint density at radius 3 is 0.909 bits per heavy atom. The number of halogens is 1. The van der Waals surface area contributed by atoms with Crippen LogP contribution in [0.4, 0.5) is 0 Å². The van der Waals surface area contributed by atoms with Crippen molar-refractivity contribution in [3.8, 4) is 11.5 Å². The summed E-state index contributed by atoms with van der Waals surface area (Å²) in [5, 5.41) is 22.4. The fraction of sp³-hybridized carbons (Fsp3) is 0.600. The van der Waals surface area contributed by atoms with Gasteiger partial charge in [0.15, 0.2) is 0 Å². The van der Waals surface area contributed by atoms with E-state index in [2.05, 4.69) is 130 Å². The van der Waals surface area contributed by atoms with E-state index in [1.165, 1.54) is 11.1 Å². The maximum Gasteiger partial charge on any atom is 0.123 e. The molecule has 184 valence electrons. The van der Waals surface area contributed by atoms with Gasteiger partial charge in [0.25, 0.3) is 0 Å². The Hall–Kier alpha value is -1.23. The third-order valence-corrected chi connectivity index (χ3v) is 7.34. The number of rotatable bonds is 3. The number of hydrogen-bond acceptors (Lipinski definition) is 2. The number of aromatic hydroxyl groups is 2. The first-order chi connectivity index (χ1) is 14.7. The van der Waals surface area contributed by atoms with Crippen LogP contribution >= 0.6 is 22.6 Å². The van der Waals surface area contributed by atoms with Gasteiger partial charge in [-0.25, -0.2) is 0 Å². The minimum atomic E-state index is -0.169. The Morgan fingerprint density at radius 2 is 0.758 bits per heavy atom. The van der Waals surface area contributed by atoms with Gasteiger partial charge in [0.05, 0.1) is 0 Å². The smallest absolute Gasteiger partial charge is 0.123 e. The van der Waals surface area contributed by atoms with E-state index in [0.29, 0.717) is 11.5 Å². The maximum atomic E-state index is 11.2. The molecule has 0 unspecified atom stereocenters. The predicted molar refractivity (Wildman–Crippen MR) is 152 cm³/mol. The number of benzene rings is 2. The highest BCUT2D eigenvalue weighted by Gasteiger charge is 2.31. The van der Waals surface area contributed by atoms with E-state index < -0.39 is 0 Å². The molecule has 2 nitrogen and oxygen atoms in total. The minimum absolute atomic E-state index is 0.163. The van der Waals surface area contributed by atoms with Crippen LogP contribution in [0.3, 0.4) is 0 Å². The van der Waals surface area contributed by atoms with Gasteiger partial charge in [0, 0.05) is 10.3 Å². The molecule has 0 fully saturated rings. The van der Waals surface area contributed by atoms with Crippen molar-refractivity contribution in [3.05, 3.63) is 57.6 Å². The van der Waals surface area contributed by atoms with Gasteiger partial charge in [-0.2, -0.15) is 0 Å². The second-order valence-electron chi connectivity index (χ2n) is 13.6. The Morgan fingerprint density at radius 1 is 0.545 bits per heavy atom. The van der Waals surface area contributed by atoms with E-state index in [1.54, 1.807) is 0 Å². The molecule has 0 saturated heterocycles. The molecule has 0 aliphatic carbocycles. The van der Waals surface area contributed by atoms with Crippen LogP contribution in [0.5, 0.6) is 11.5 Å². The number of phenolic OH excluding ortho intramolecular Hbond substituents is 2. The van der Waals surface area contributed by atoms with Gasteiger partial charge < -0.3 is 10.2 Å². The van der Waals surface area contributed by atoms with E-state index >= 15 is 0 Å². The second kappa shape index (κ2) is 9.09. The van der Waals surface area contributed by atoms with E-state index in [0.717, 1.165) is 26.7 Å². The molecule has 0 saturated carbocycles. The summed E-state index contributed by atoms with van der Waals surface area (Å²) in [6, 6.07) is 8.81. The van der Waals surface area contributed by atoms with Crippen molar-refractivity contribution in [2.45, 2.75) is 111 Å². The predicted octanol–water partition coefficient (Wildman–Crippen LogP) is 8.85. The van der Waals surface area contributed by atoms with Crippen molar-refractivity contribution in [1.82, 2.24) is 0 Å². The zero-order chi connectivity index (χ0) is 25.7. The molecular weight excluding hydrogens is 519 g/mol. The zero-order valence-electron chi connectivity index (χ0n) is 22.9. The molecule has 3 heteroatoms. The average molecular weight is 565 g/mol. The molecule has 0 radical (unpaired) electrons. The van der Waals surface area contributed by atoms with E-state index in [1.807, 2.05) is 0 Å². The fourth-order valence-corrected chi connectivity index (χ4v) is 5.39. The van der Waals surface area contributed by atoms with Gasteiger partial charge >= 0.3 is 0 Å². The first-order valence-corrected chi connectivity index (χ1v) is 13.5. The van der Waals surface area contributed by atoms with Crippen molar-refractivity contribution in [2.75, 3.05) is 4.43 Å². The lowest BCUT2D eigenvalue weighted by Crippen LogP contribution is -2.20. The average Bonchev–Trinajstić information content (AvgIpc) is 2.60. The van der Waals surface area contributed by atoms with Gasteiger partial charge in [-0.05, 0) is 55.0 Å². The molecule has 2 N–H and O–H groups in total. The van der Waals surface area contributed by atoms with Crippen molar-refractivity contribution in [3.63, 3.8) is 0 Å². The molecule has 0 amide bonds. The summed E-state index contributed by atoms with van der Waals surface area (Å²) in [5.41, 5.74) is 5.74. The van der Waals surface area contributed by atoms with Crippen LogP contribution in [0.1, 0.15) is 122 Å². The molecule has 0 aromatic heterocycles. The molecule has 0 spiro atoms. The number of hydrogen-bond donors (Lipinski definition) is 2. The van der Waals surface area contributed by atoms with Gasteiger partial charge in [-0.3, -0.25) is 0 Å². The largest absolute Gasteiger partial charge is 0.507 e. The molecule has 0 aliphatic heterocycles. The summed E-state index contributed by atoms with van der Waals surface area (Å²) >= 11 is 2.48. The van der Waals surface area contributed by atoms with Crippen molar-refractivity contribution in [2.24, 2.45) is 0 Å². The second-order valence-corrected chi connectivity index (χ2v) is 14.5. The number of alkyl halides is 1. The molecule has 2 rings (SSSR count). The van der Waals surface area contributed by atoms with E-state index in [9.17, 15) is 10.2 Å². The Balaban J connectivity index is 2.91. The summed E-state index contributed by atoms with van der Waals surface area (Å²) in [6.45, 7) is 25.9. The van der Waals surface area contributed by atoms with Crippen LogP contribution in [0.15, 0.2) is 24.3 Å². The third-order valence-electron chi connectivity index (χ3n) is 6.46. The summed E-state index contributed by atoms with van der Waals surface area (Å²) < 4.78 is 0.910. The SMILES string of the molecule is CC(C)(C)c1cc(C(CI)c2cc(C(C)(C)C)c(O)c(C(C)(C)C)c2)cc(C(C)(C)C)c1O. The molecule has 33 heavy (non-hydrogen) atoms. The van der Waals surface area contributed by atoms with Crippen LogP contribution < -0.4 is 0 Å². The minimum Gasteiger partial charge on any atom is -0.507 e. The highest BCUT2D eigenvalue weighted by atomic mass is 127. The third kappa shape index (κ3) is 6.07. The first kappa shape index (κ1) is 28.0. The van der Waals surface area contributed by atoms with Crippen LogP contribution in [0.25, 0.3) is 0 Å². The van der Waals surface area contributed by atoms with Crippen molar-refractivity contribution in [1.29, 1.82) is 0 Å². The maximum absolute atomic E-state index is 11.2. The highest BCUT2D eigenvalue weighted by molar-refractivity contribution is 14.1. The van der Waals surface area contributed by atoms with Crippen molar-refractivity contribution >= 4 is 22.6 Å². The summed E-state index contributed by atoms with van der Waals surface area (Å²) in [6.07, 6.45) is 0. The van der Waals surface area contributed by atoms with Crippen LogP contribution in [-0.2, 0) is 21.7 Å². The lowest BCUT2D eigenvalue weighted by Gasteiger charge is -2.32. The van der Waals surface area contributed by atoms with Crippen LogP contribution in [0, 0.1) is 0 Å². The molecule has 0 heterocycles. The van der Waals surface area contributed by atoms with E-state index in [-0.39, 0.29) is 27.6 Å². The van der Waals surface area contributed by atoms with E-state index in [4.69, 9.17) is 0 Å². The van der Waals surface area contributed by atoms with Gasteiger partial charge in [0.2, 0.25) is 0 Å². The molecule has 2 aromatic carbocycles. The summed E-state index contributed by atoms with van der Waals surface area (Å²) in [4.78, 5) is 0. The molecule has 2 aromatic rings.